The van der Waals surface area contributed by atoms with Crippen molar-refractivity contribution in [3.8, 4) is 11.6 Å². The van der Waals surface area contributed by atoms with Crippen molar-refractivity contribution in [3.05, 3.63) is 48.4 Å². The molecule has 104 valence electrons. The van der Waals surface area contributed by atoms with E-state index in [1.165, 1.54) is 12.1 Å². The maximum atomic E-state index is 12.9. The van der Waals surface area contributed by atoms with Gasteiger partial charge in [-0.15, -0.1) is 0 Å². The topological polar surface area (TPSA) is 37.7 Å². The molecule has 2 aromatic rings. The fourth-order valence-corrected chi connectivity index (χ4v) is 1.42. The molecule has 0 radical (unpaired) electrons. The molecule has 20 heavy (non-hydrogen) atoms. The highest BCUT2D eigenvalue weighted by atomic mass is 19.1. The van der Waals surface area contributed by atoms with Crippen molar-refractivity contribution in [2.75, 3.05) is 13.6 Å². The molecule has 0 N–H and O–H groups in total. The SMILES string of the molecule is CCN(C)/C=N/c1cccnc1Oc1ccc(F)cc1. The van der Waals surface area contributed by atoms with E-state index in [2.05, 4.69) is 9.98 Å². The number of aromatic nitrogens is 1. The molecule has 1 aromatic carbocycles. The molecule has 0 bridgehead atoms. The molecule has 0 saturated carbocycles. The summed E-state index contributed by atoms with van der Waals surface area (Å²) in [5.41, 5.74) is 0.622. The van der Waals surface area contributed by atoms with E-state index in [0.29, 0.717) is 17.3 Å². The average molecular weight is 273 g/mol. The summed E-state index contributed by atoms with van der Waals surface area (Å²) in [7, 11) is 1.93. The predicted molar refractivity (Wildman–Crippen MR) is 77.2 cm³/mol. The van der Waals surface area contributed by atoms with Crippen molar-refractivity contribution in [1.82, 2.24) is 9.88 Å². The van der Waals surface area contributed by atoms with Crippen molar-refractivity contribution >= 4 is 12.0 Å². The van der Waals surface area contributed by atoms with E-state index >= 15 is 0 Å². The van der Waals surface area contributed by atoms with Crippen LogP contribution in [0.3, 0.4) is 0 Å². The van der Waals surface area contributed by atoms with Gasteiger partial charge in [0, 0.05) is 19.8 Å². The molecule has 0 aliphatic rings. The minimum Gasteiger partial charge on any atom is -0.437 e. The third-order valence-corrected chi connectivity index (χ3v) is 2.67. The third kappa shape index (κ3) is 3.78. The van der Waals surface area contributed by atoms with Gasteiger partial charge in [0.15, 0.2) is 0 Å². The lowest BCUT2D eigenvalue weighted by molar-refractivity contribution is 0.462. The molecular weight excluding hydrogens is 257 g/mol. The molecular formula is C15H16FN3O. The van der Waals surface area contributed by atoms with Crippen LogP contribution in [0.4, 0.5) is 10.1 Å². The van der Waals surface area contributed by atoms with E-state index in [9.17, 15) is 4.39 Å². The molecule has 0 aliphatic heterocycles. The maximum absolute atomic E-state index is 12.9. The Kier molecular flexibility index (Phi) is 4.65. The lowest BCUT2D eigenvalue weighted by Gasteiger charge is -2.10. The number of rotatable bonds is 5. The van der Waals surface area contributed by atoms with Gasteiger partial charge in [-0.1, -0.05) is 0 Å². The molecule has 4 nitrogen and oxygen atoms in total. The Morgan fingerprint density at radius 1 is 1.30 bits per heavy atom. The molecule has 1 heterocycles. The van der Waals surface area contributed by atoms with Gasteiger partial charge in [-0.3, -0.25) is 0 Å². The molecule has 0 amide bonds. The summed E-state index contributed by atoms with van der Waals surface area (Å²) < 4.78 is 18.5. The zero-order chi connectivity index (χ0) is 14.4. The second kappa shape index (κ2) is 6.65. The van der Waals surface area contributed by atoms with Gasteiger partial charge in [0.25, 0.3) is 0 Å². The van der Waals surface area contributed by atoms with E-state index in [1.54, 1.807) is 30.7 Å². The van der Waals surface area contributed by atoms with E-state index in [0.717, 1.165) is 6.54 Å². The number of pyridine rings is 1. The van der Waals surface area contributed by atoms with Crippen molar-refractivity contribution in [2.45, 2.75) is 6.92 Å². The summed E-state index contributed by atoms with van der Waals surface area (Å²) in [6, 6.07) is 9.38. The van der Waals surface area contributed by atoms with Crippen LogP contribution in [-0.4, -0.2) is 29.8 Å². The van der Waals surface area contributed by atoms with Crippen molar-refractivity contribution in [1.29, 1.82) is 0 Å². The first-order chi connectivity index (χ1) is 9.69. The number of hydrogen-bond acceptors (Lipinski definition) is 3. The van der Waals surface area contributed by atoms with Crippen LogP contribution in [-0.2, 0) is 0 Å². The molecule has 0 aliphatic carbocycles. The van der Waals surface area contributed by atoms with Crippen LogP contribution in [0.5, 0.6) is 11.6 Å². The lowest BCUT2D eigenvalue weighted by Crippen LogP contribution is -2.14. The van der Waals surface area contributed by atoms with Gasteiger partial charge < -0.3 is 9.64 Å². The number of nitrogens with zero attached hydrogens (tertiary/aromatic N) is 3. The Bertz CT molecular complexity index is 584. The Morgan fingerprint density at radius 3 is 2.75 bits per heavy atom. The van der Waals surface area contributed by atoms with Crippen LogP contribution >= 0.6 is 0 Å². The van der Waals surface area contributed by atoms with Crippen LogP contribution in [0.1, 0.15) is 6.92 Å². The Labute approximate surface area is 117 Å². The Balaban J connectivity index is 2.19. The summed E-state index contributed by atoms with van der Waals surface area (Å²) >= 11 is 0. The minimum atomic E-state index is -0.304. The maximum Gasteiger partial charge on any atom is 0.245 e. The largest absolute Gasteiger partial charge is 0.437 e. The first kappa shape index (κ1) is 14.0. The molecule has 0 fully saturated rings. The zero-order valence-corrected chi connectivity index (χ0v) is 11.5. The fraction of sp³-hybridized carbons (Fsp3) is 0.200. The van der Waals surface area contributed by atoms with Gasteiger partial charge in [-0.05, 0) is 43.3 Å². The number of hydrogen-bond donors (Lipinski definition) is 0. The fourth-order valence-electron chi connectivity index (χ4n) is 1.42. The van der Waals surface area contributed by atoms with Crippen LogP contribution in [0.25, 0.3) is 0 Å². The summed E-state index contributed by atoms with van der Waals surface area (Å²) in [6.07, 6.45) is 3.34. The molecule has 0 saturated heterocycles. The van der Waals surface area contributed by atoms with Gasteiger partial charge in [0.2, 0.25) is 5.88 Å². The summed E-state index contributed by atoms with van der Waals surface area (Å²) in [6.45, 7) is 2.89. The second-order valence-electron chi connectivity index (χ2n) is 4.20. The van der Waals surface area contributed by atoms with Crippen molar-refractivity contribution in [3.63, 3.8) is 0 Å². The molecule has 2 rings (SSSR count). The molecule has 0 spiro atoms. The van der Waals surface area contributed by atoms with Crippen molar-refractivity contribution < 1.29 is 9.13 Å². The van der Waals surface area contributed by atoms with Crippen LogP contribution in [0.2, 0.25) is 0 Å². The van der Waals surface area contributed by atoms with Crippen molar-refractivity contribution in [2.24, 2.45) is 4.99 Å². The summed E-state index contributed by atoms with van der Waals surface area (Å²) in [4.78, 5) is 10.4. The van der Waals surface area contributed by atoms with Gasteiger partial charge in [0.05, 0.1) is 6.34 Å². The summed E-state index contributed by atoms with van der Waals surface area (Å²) in [5, 5.41) is 0. The lowest BCUT2D eigenvalue weighted by atomic mass is 10.3. The molecule has 0 unspecified atom stereocenters. The third-order valence-electron chi connectivity index (χ3n) is 2.67. The van der Waals surface area contributed by atoms with Gasteiger partial charge in [0.1, 0.15) is 17.3 Å². The van der Waals surface area contributed by atoms with E-state index in [4.69, 9.17) is 4.74 Å². The number of aliphatic imine (C=N–C) groups is 1. The predicted octanol–water partition coefficient (Wildman–Crippen LogP) is 3.62. The Morgan fingerprint density at radius 2 is 2.05 bits per heavy atom. The number of benzene rings is 1. The molecule has 0 atom stereocenters. The first-order valence-corrected chi connectivity index (χ1v) is 6.32. The van der Waals surface area contributed by atoms with Gasteiger partial charge >= 0.3 is 0 Å². The Hall–Kier alpha value is -2.43. The first-order valence-electron chi connectivity index (χ1n) is 6.32. The molecule has 5 heteroatoms. The number of halogens is 1. The summed E-state index contributed by atoms with van der Waals surface area (Å²) in [5.74, 6) is 0.603. The van der Waals surface area contributed by atoms with E-state index < -0.39 is 0 Å². The average Bonchev–Trinajstić information content (AvgIpc) is 2.48. The van der Waals surface area contributed by atoms with Gasteiger partial charge in [-0.25, -0.2) is 14.4 Å². The smallest absolute Gasteiger partial charge is 0.245 e. The normalized spacial score (nSPS) is 10.8. The van der Waals surface area contributed by atoms with Crippen LogP contribution < -0.4 is 4.74 Å². The minimum absolute atomic E-state index is 0.304. The highest BCUT2D eigenvalue weighted by molar-refractivity contribution is 5.63. The monoisotopic (exact) mass is 273 g/mol. The van der Waals surface area contributed by atoms with Gasteiger partial charge in [-0.2, -0.15) is 0 Å². The highest BCUT2D eigenvalue weighted by Crippen LogP contribution is 2.28. The van der Waals surface area contributed by atoms with Crippen LogP contribution in [0.15, 0.2) is 47.6 Å². The quantitative estimate of drug-likeness (QED) is 0.616. The highest BCUT2D eigenvalue weighted by Gasteiger charge is 2.05. The van der Waals surface area contributed by atoms with E-state index in [1.807, 2.05) is 24.9 Å². The standard InChI is InChI=1S/C15H16FN3O/c1-3-19(2)11-18-14-5-4-10-17-15(14)20-13-8-6-12(16)7-9-13/h4-11H,3H2,1-2H3/b18-11+. The van der Waals surface area contributed by atoms with E-state index in [-0.39, 0.29) is 5.82 Å². The molecule has 1 aromatic heterocycles. The second-order valence-corrected chi connectivity index (χ2v) is 4.20. The van der Waals surface area contributed by atoms with Crippen LogP contribution in [0, 0.1) is 5.82 Å². The zero-order valence-electron chi connectivity index (χ0n) is 11.5. The number of ether oxygens (including phenoxy) is 1.